The van der Waals surface area contributed by atoms with E-state index in [9.17, 15) is 9.59 Å². The van der Waals surface area contributed by atoms with Crippen molar-refractivity contribution < 1.29 is 19.1 Å². The Labute approximate surface area is 289 Å². The van der Waals surface area contributed by atoms with Crippen LogP contribution in [0.25, 0.3) is 0 Å². The second-order valence-electron chi connectivity index (χ2n) is 18.9. The van der Waals surface area contributed by atoms with Crippen LogP contribution in [0.4, 0.5) is 0 Å². The molecule has 1 aromatic rings. The average Bonchev–Trinajstić information content (AvgIpc) is 3.67. The predicted octanol–water partition coefficient (Wildman–Crippen LogP) is 8.56. The van der Waals surface area contributed by atoms with E-state index in [4.69, 9.17) is 9.47 Å². The largest absolute Gasteiger partial charge is 0.462 e. The zero-order chi connectivity index (χ0) is 34.9. The van der Waals surface area contributed by atoms with Crippen LogP contribution in [-0.2, 0) is 24.5 Å². The topological polar surface area (TPSA) is 107 Å². The molecule has 0 bridgehead atoms. The summed E-state index contributed by atoms with van der Waals surface area (Å²) in [6.45, 7) is 27.1. The second-order valence-corrected chi connectivity index (χ2v) is 18.9. The minimum absolute atomic E-state index is 0.00447. The summed E-state index contributed by atoms with van der Waals surface area (Å²) in [5.74, 6) is 3.16. The van der Waals surface area contributed by atoms with Crippen LogP contribution < -0.4 is 0 Å². The lowest BCUT2D eigenvalue weighted by atomic mass is 9.32. The van der Waals surface area contributed by atoms with Crippen LogP contribution in [0.5, 0.6) is 0 Å². The third-order valence-corrected chi connectivity index (χ3v) is 15.7. The number of nitrogens with one attached hydrogen (secondary N) is 1. The van der Waals surface area contributed by atoms with Crippen molar-refractivity contribution in [3.63, 3.8) is 0 Å². The van der Waals surface area contributed by atoms with Crippen LogP contribution in [0.3, 0.4) is 0 Å². The van der Waals surface area contributed by atoms with Crippen molar-refractivity contribution >= 4 is 11.9 Å². The first-order valence-electron chi connectivity index (χ1n) is 18.8. The molecule has 0 spiro atoms. The van der Waals surface area contributed by atoms with Crippen molar-refractivity contribution in [3.8, 4) is 0 Å². The van der Waals surface area contributed by atoms with Gasteiger partial charge in [-0.2, -0.15) is 5.21 Å². The van der Waals surface area contributed by atoms with E-state index in [1.54, 1.807) is 6.08 Å². The number of allylic oxidation sites excluding steroid dienone is 1. The molecule has 5 aliphatic rings. The smallest absolute Gasteiger partial charge is 0.306 e. The van der Waals surface area contributed by atoms with Gasteiger partial charge in [-0.3, -0.25) is 9.59 Å². The second kappa shape index (κ2) is 12.1. The number of aromatic nitrogens is 4. The van der Waals surface area contributed by atoms with Crippen molar-refractivity contribution in [1.29, 1.82) is 0 Å². The Kier molecular flexibility index (Phi) is 8.88. The van der Waals surface area contributed by atoms with Crippen molar-refractivity contribution in [2.75, 3.05) is 6.61 Å². The molecule has 0 aliphatic heterocycles. The standard InChI is InChI=1S/C40H62N4O4/c1-11-22-47-31(45)23-35(4,5)24-32(46)48-30-16-17-37(8)28(36(30,6)7)15-18-39(10)29(37)13-12-27-33-26(25(2)3)14-19-40(33,21-20-38(27,39)9)34-41-43-44-42-34/h11,26-30,33H,1-2,12-24H2,3-10H3,(H,41,42,43,44)/t26?,27-,28?,29?,30+,33?,37+,38-,39-,40+/m1/s1. The fraction of sp³-hybridized carbons (Fsp3) is 0.825. The number of H-pyrrole nitrogens is 1. The number of ether oxygens (including phenoxy) is 2. The van der Waals surface area contributed by atoms with Gasteiger partial charge in [0.1, 0.15) is 12.7 Å². The summed E-state index contributed by atoms with van der Waals surface area (Å²) in [6.07, 6.45) is 13.3. The summed E-state index contributed by atoms with van der Waals surface area (Å²) in [4.78, 5) is 25.7. The monoisotopic (exact) mass is 662 g/mol. The molecule has 1 heterocycles. The molecule has 0 aromatic carbocycles. The normalized spacial score (nSPS) is 41.6. The van der Waals surface area contributed by atoms with E-state index >= 15 is 0 Å². The number of nitrogens with zero attached hydrogens (tertiary/aromatic N) is 3. The lowest BCUT2D eigenvalue weighted by Crippen LogP contribution is -2.67. The Bertz CT molecular complexity index is 1420. The molecule has 5 saturated carbocycles. The summed E-state index contributed by atoms with van der Waals surface area (Å²) in [5, 5.41) is 16.1. The molecule has 8 nitrogen and oxygen atoms in total. The SMILES string of the molecule is C=CCOC(=O)CC(C)(C)CC(=O)O[C@H]1CC[C@@]2(C)C(CC[C@]3(C)C2CC[C@@H]2C4C(C(=C)C)CC[C@]4(c4nn[nH]n4)CC[C@]23C)C1(C)C. The first-order valence-corrected chi connectivity index (χ1v) is 18.8. The Morgan fingerprint density at radius 3 is 2.31 bits per heavy atom. The highest BCUT2D eigenvalue weighted by Gasteiger charge is 2.71. The Morgan fingerprint density at radius 1 is 0.917 bits per heavy atom. The zero-order valence-electron chi connectivity index (χ0n) is 31.1. The van der Waals surface area contributed by atoms with Gasteiger partial charge < -0.3 is 9.47 Å². The van der Waals surface area contributed by atoms with Crippen LogP contribution in [0.1, 0.15) is 138 Å². The Balaban J connectivity index is 1.21. The van der Waals surface area contributed by atoms with E-state index in [-0.39, 0.29) is 64.6 Å². The summed E-state index contributed by atoms with van der Waals surface area (Å²) in [5.41, 5.74) is 1.30. The molecule has 1 N–H and O–H groups in total. The van der Waals surface area contributed by atoms with Gasteiger partial charge in [0.15, 0.2) is 5.82 Å². The number of tetrazole rings is 1. The minimum Gasteiger partial charge on any atom is -0.462 e. The van der Waals surface area contributed by atoms with Gasteiger partial charge in [-0.25, -0.2) is 0 Å². The maximum atomic E-state index is 13.4. The lowest BCUT2D eigenvalue weighted by molar-refractivity contribution is -0.246. The van der Waals surface area contributed by atoms with Crippen molar-refractivity contribution in [2.24, 2.45) is 56.7 Å². The van der Waals surface area contributed by atoms with Crippen molar-refractivity contribution in [3.05, 3.63) is 30.6 Å². The molecule has 0 saturated heterocycles. The van der Waals surface area contributed by atoms with Crippen LogP contribution in [-0.4, -0.2) is 45.3 Å². The molecule has 0 radical (unpaired) electrons. The van der Waals surface area contributed by atoms with E-state index in [1.807, 2.05) is 13.8 Å². The summed E-state index contributed by atoms with van der Waals surface area (Å²) in [7, 11) is 0. The molecule has 6 rings (SSSR count). The molecule has 10 atom stereocenters. The van der Waals surface area contributed by atoms with Gasteiger partial charge in [0, 0.05) is 10.8 Å². The third-order valence-electron chi connectivity index (χ3n) is 15.7. The molecule has 4 unspecified atom stereocenters. The number of rotatable bonds is 9. The highest BCUT2D eigenvalue weighted by Crippen LogP contribution is 2.77. The van der Waals surface area contributed by atoms with E-state index in [2.05, 4.69) is 75.3 Å². The van der Waals surface area contributed by atoms with Crippen LogP contribution in [0, 0.1) is 56.7 Å². The Hall–Kier alpha value is -2.51. The van der Waals surface area contributed by atoms with E-state index in [0.717, 1.165) is 37.9 Å². The number of aromatic amines is 1. The van der Waals surface area contributed by atoms with Gasteiger partial charge >= 0.3 is 11.9 Å². The average molecular weight is 663 g/mol. The quantitative estimate of drug-likeness (QED) is 0.209. The molecular weight excluding hydrogens is 600 g/mol. The summed E-state index contributed by atoms with van der Waals surface area (Å²) in [6, 6.07) is 0. The molecule has 266 valence electrons. The predicted molar refractivity (Wildman–Crippen MR) is 186 cm³/mol. The molecular formula is C40H62N4O4. The lowest BCUT2D eigenvalue weighted by Gasteiger charge is -2.72. The van der Waals surface area contributed by atoms with Gasteiger partial charge in [-0.15, -0.1) is 10.2 Å². The molecule has 48 heavy (non-hydrogen) atoms. The number of hydrogen-bond donors (Lipinski definition) is 1. The fourth-order valence-corrected chi connectivity index (χ4v) is 13.3. The van der Waals surface area contributed by atoms with Crippen molar-refractivity contribution in [1.82, 2.24) is 20.6 Å². The van der Waals surface area contributed by atoms with Crippen LogP contribution in [0.2, 0.25) is 0 Å². The van der Waals surface area contributed by atoms with Crippen LogP contribution >= 0.6 is 0 Å². The molecule has 8 heteroatoms. The molecule has 0 amide bonds. The zero-order valence-corrected chi connectivity index (χ0v) is 31.1. The maximum absolute atomic E-state index is 13.4. The van der Waals surface area contributed by atoms with E-state index in [0.29, 0.717) is 29.6 Å². The van der Waals surface area contributed by atoms with E-state index < -0.39 is 5.41 Å². The fourth-order valence-electron chi connectivity index (χ4n) is 13.3. The molecule has 1 aromatic heterocycles. The Morgan fingerprint density at radius 2 is 1.65 bits per heavy atom. The third kappa shape index (κ3) is 5.32. The van der Waals surface area contributed by atoms with Gasteiger partial charge in [-0.05, 0) is 122 Å². The van der Waals surface area contributed by atoms with Gasteiger partial charge in [0.2, 0.25) is 0 Å². The summed E-state index contributed by atoms with van der Waals surface area (Å²) < 4.78 is 11.5. The highest BCUT2D eigenvalue weighted by molar-refractivity contribution is 5.74. The minimum atomic E-state index is -0.535. The summed E-state index contributed by atoms with van der Waals surface area (Å²) >= 11 is 0. The number of carbonyl (C=O) groups is 2. The number of fused-ring (bicyclic) bond motifs is 7. The first kappa shape index (κ1) is 35.3. The maximum Gasteiger partial charge on any atom is 0.306 e. The van der Waals surface area contributed by atoms with Gasteiger partial charge in [0.05, 0.1) is 12.8 Å². The first-order chi connectivity index (χ1) is 22.4. The van der Waals surface area contributed by atoms with E-state index in [1.165, 1.54) is 37.7 Å². The van der Waals surface area contributed by atoms with Gasteiger partial charge in [0.25, 0.3) is 0 Å². The molecule has 5 fully saturated rings. The highest BCUT2D eigenvalue weighted by atomic mass is 16.5. The van der Waals surface area contributed by atoms with Gasteiger partial charge in [-0.1, -0.05) is 78.5 Å². The molecule has 5 aliphatic carbocycles. The number of carbonyl (C=O) groups excluding carboxylic acids is 2. The van der Waals surface area contributed by atoms with Crippen LogP contribution in [0.15, 0.2) is 24.8 Å². The number of hydrogen-bond acceptors (Lipinski definition) is 7. The van der Waals surface area contributed by atoms with Crippen molar-refractivity contribution in [2.45, 2.75) is 144 Å². The number of esters is 2.